The van der Waals surface area contributed by atoms with Crippen LogP contribution in [-0.2, 0) is 23.2 Å². The first-order valence-corrected chi connectivity index (χ1v) is 9.54. The number of hydrogen-bond donors (Lipinski definition) is 1. The van der Waals surface area contributed by atoms with Crippen molar-refractivity contribution in [2.24, 2.45) is 12.5 Å². The van der Waals surface area contributed by atoms with E-state index in [1.807, 2.05) is 24.0 Å². The van der Waals surface area contributed by atoms with Crippen LogP contribution in [0.2, 0.25) is 0 Å². The van der Waals surface area contributed by atoms with E-state index in [0.29, 0.717) is 18.7 Å². The van der Waals surface area contributed by atoms with Crippen molar-refractivity contribution in [2.45, 2.75) is 25.6 Å². The maximum absolute atomic E-state index is 13.5. The molecule has 0 radical (unpaired) electrons. The molecule has 3 heterocycles. The van der Waals surface area contributed by atoms with Gasteiger partial charge in [0.1, 0.15) is 11.6 Å². The number of carbonyl (C=O) groups is 2. The molecule has 1 atom stereocenters. The van der Waals surface area contributed by atoms with E-state index >= 15 is 0 Å². The molecule has 1 amide bonds. The number of anilines is 1. The van der Waals surface area contributed by atoms with Crippen LogP contribution in [0.3, 0.4) is 0 Å². The molecule has 7 nitrogen and oxygen atoms in total. The molecule has 2 aliphatic rings. The van der Waals surface area contributed by atoms with E-state index in [0.717, 1.165) is 31.9 Å². The lowest BCUT2D eigenvalue weighted by molar-refractivity contribution is -0.192. The van der Waals surface area contributed by atoms with E-state index in [9.17, 15) is 22.4 Å². The zero-order valence-corrected chi connectivity index (χ0v) is 16.8. The number of aryl methyl sites for hydroxylation is 1. The number of rotatable bonds is 3. The fourth-order valence-electron chi connectivity index (χ4n) is 3.96. The third-order valence-corrected chi connectivity index (χ3v) is 5.49. The Balaban J connectivity index is 0.000000339. The minimum atomic E-state index is -5.08. The number of nitrogens with zero attached hydrogens (tertiary/aromatic N) is 4. The summed E-state index contributed by atoms with van der Waals surface area (Å²) in [6, 6.07) is 6.31. The van der Waals surface area contributed by atoms with Gasteiger partial charge in [-0.1, -0.05) is 6.07 Å². The highest BCUT2D eigenvalue weighted by Gasteiger charge is 2.47. The lowest BCUT2D eigenvalue weighted by Gasteiger charge is -2.24. The molecule has 1 unspecified atom stereocenters. The van der Waals surface area contributed by atoms with Crippen molar-refractivity contribution in [3.05, 3.63) is 48.3 Å². The molecule has 1 aromatic carbocycles. The minimum Gasteiger partial charge on any atom is -0.475 e. The molecular weight excluding hydrogens is 420 g/mol. The quantitative estimate of drug-likeness (QED) is 0.740. The monoisotopic (exact) mass is 442 g/mol. The van der Waals surface area contributed by atoms with Gasteiger partial charge in [-0.25, -0.2) is 14.2 Å². The number of carboxylic acid groups (broad SMARTS) is 1. The fourth-order valence-corrected chi connectivity index (χ4v) is 3.96. The summed E-state index contributed by atoms with van der Waals surface area (Å²) in [4.78, 5) is 29.9. The molecule has 2 fully saturated rings. The number of aliphatic carboxylic acids is 1. The molecule has 2 aromatic rings. The van der Waals surface area contributed by atoms with Crippen LogP contribution in [-0.4, -0.2) is 57.2 Å². The average molecular weight is 442 g/mol. The van der Waals surface area contributed by atoms with Crippen LogP contribution >= 0.6 is 0 Å². The van der Waals surface area contributed by atoms with Crippen molar-refractivity contribution in [3.63, 3.8) is 0 Å². The molecule has 168 valence electrons. The molecule has 2 aliphatic heterocycles. The lowest BCUT2D eigenvalue weighted by Crippen LogP contribution is -2.31. The zero-order chi connectivity index (χ0) is 22.8. The van der Waals surface area contributed by atoms with E-state index in [1.165, 1.54) is 12.1 Å². The van der Waals surface area contributed by atoms with Crippen molar-refractivity contribution < 1.29 is 32.3 Å². The van der Waals surface area contributed by atoms with Gasteiger partial charge in [0.25, 0.3) is 0 Å². The number of carbonyl (C=O) groups excluding carboxylic acids is 1. The second-order valence-corrected chi connectivity index (χ2v) is 7.85. The largest absolute Gasteiger partial charge is 0.490 e. The molecule has 0 bridgehead atoms. The molecule has 11 heteroatoms. The van der Waals surface area contributed by atoms with Crippen LogP contribution in [0.5, 0.6) is 0 Å². The smallest absolute Gasteiger partial charge is 0.475 e. The molecule has 0 aliphatic carbocycles. The van der Waals surface area contributed by atoms with Crippen LogP contribution in [0, 0.1) is 11.2 Å². The Bertz CT molecular complexity index is 962. The first kappa shape index (κ1) is 22.7. The molecule has 4 rings (SSSR count). The number of benzene rings is 1. The van der Waals surface area contributed by atoms with E-state index in [4.69, 9.17) is 9.90 Å². The van der Waals surface area contributed by atoms with Gasteiger partial charge in [-0.05, 0) is 31.2 Å². The van der Waals surface area contributed by atoms with E-state index in [2.05, 4.69) is 9.88 Å². The predicted molar refractivity (Wildman–Crippen MR) is 103 cm³/mol. The Hall–Kier alpha value is -2.95. The Morgan fingerprint density at radius 1 is 1.29 bits per heavy atom. The summed E-state index contributed by atoms with van der Waals surface area (Å²) in [5.74, 6) is -1.92. The number of likely N-dealkylation sites (tertiary alicyclic amines) is 1. The van der Waals surface area contributed by atoms with Crippen molar-refractivity contribution in [1.29, 1.82) is 0 Å². The molecule has 1 N–H and O–H groups in total. The molecular formula is C20H22F4N4O3. The minimum absolute atomic E-state index is 0.0193. The number of aromatic nitrogens is 2. The number of alkyl halides is 3. The van der Waals surface area contributed by atoms with Gasteiger partial charge in [-0.15, -0.1) is 0 Å². The second-order valence-electron chi connectivity index (χ2n) is 7.85. The zero-order valence-electron chi connectivity index (χ0n) is 16.8. The number of amides is 1. The van der Waals surface area contributed by atoms with E-state index < -0.39 is 12.1 Å². The summed E-state index contributed by atoms with van der Waals surface area (Å²) in [5, 5.41) is 7.12. The van der Waals surface area contributed by atoms with Crippen LogP contribution in [0.1, 0.15) is 18.7 Å². The van der Waals surface area contributed by atoms with E-state index in [1.54, 1.807) is 17.0 Å². The SMILES string of the molecule is Cn1ccnc1CN1CCC2(CC(=O)N(c3cccc(F)c3)C2)C1.O=C(O)C(F)(F)F. The maximum atomic E-state index is 13.5. The fraction of sp³-hybridized carbons (Fsp3) is 0.450. The third-order valence-electron chi connectivity index (χ3n) is 5.49. The molecule has 0 saturated carbocycles. The lowest BCUT2D eigenvalue weighted by atomic mass is 9.86. The molecule has 1 spiro atoms. The molecule has 1 aromatic heterocycles. The first-order chi connectivity index (χ1) is 14.5. The standard InChI is InChI=1S/C18H21FN4O.C2HF3O2/c1-21-8-6-20-16(21)11-22-7-5-18(12-22)10-17(24)23(13-18)15-4-2-3-14(19)9-15;3-2(4,5)1(6)7/h2-4,6,8-9H,5,7,10-13H2,1H3;(H,6,7). The van der Waals surface area contributed by atoms with Crippen molar-refractivity contribution >= 4 is 17.6 Å². The Morgan fingerprint density at radius 2 is 2.00 bits per heavy atom. The topological polar surface area (TPSA) is 78.7 Å². The van der Waals surface area contributed by atoms with Gasteiger partial charge in [0.05, 0.1) is 6.54 Å². The van der Waals surface area contributed by atoms with Crippen molar-refractivity contribution in [1.82, 2.24) is 14.5 Å². The highest BCUT2D eigenvalue weighted by molar-refractivity contribution is 5.96. The Morgan fingerprint density at radius 3 is 2.58 bits per heavy atom. The van der Waals surface area contributed by atoms with Gasteiger partial charge in [-0.3, -0.25) is 9.69 Å². The predicted octanol–water partition coefficient (Wildman–Crippen LogP) is 2.82. The van der Waals surface area contributed by atoms with Crippen LogP contribution < -0.4 is 4.90 Å². The van der Waals surface area contributed by atoms with Gasteiger partial charge in [0, 0.05) is 50.1 Å². The number of imidazole rings is 1. The van der Waals surface area contributed by atoms with E-state index in [-0.39, 0.29) is 17.1 Å². The summed E-state index contributed by atoms with van der Waals surface area (Å²) >= 11 is 0. The summed E-state index contributed by atoms with van der Waals surface area (Å²) in [6.07, 6.45) is 0.216. The van der Waals surface area contributed by atoms with Crippen LogP contribution in [0.15, 0.2) is 36.7 Å². The van der Waals surface area contributed by atoms with Gasteiger partial charge in [0.2, 0.25) is 5.91 Å². The van der Waals surface area contributed by atoms with Crippen LogP contribution in [0.4, 0.5) is 23.2 Å². The molecule has 31 heavy (non-hydrogen) atoms. The first-order valence-electron chi connectivity index (χ1n) is 9.54. The normalized spacial score (nSPS) is 21.5. The molecule has 2 saturated heterocycles. The Kier molecular flexibility index (Phi) is 6.35. The van der Waals surface area contributed by atoms with Gasteiger partial charge < -0.3 is 14.6 Å². The van der Waals surface area contributed by atoms with Crippen molar-refractivity contribution in [3.8, 4) is 0 Å². The highest BCUT2D eigenvalue weighted by Crippen LogP contribution is 2.42. The maximum Gasteiger partial charge on any atom is 0.490 e. The third kappa shape index (κ3) is 5.40. The highest BCUT2D eigenvalue weighted by atomic mass is 19.4. The van der Waals surface area contributed by atoms with Gasteiger partial charge in [0.15, 0.2) is 0 Å². The van der Waals surface area contributed by atoms with Gasteiger partial charge >= 0.3 is 12.1 Å². The second kappa shape index (κ2) is 8.66. The number of hydrogen-bond acceptors (Lipinski definition) is 4. The van der Waals surface area contributed by atoms with Crippen molar-refractivity contribution in [2.75, 3.05) is 24.5 Å². The van der Waals surface area contributed by atoms with Crippen LogP contribution in [0.25, 0.3) is 0 Å². The number of carboxylic acids is 1. The summed E-state index contributed by atoms with van der Waals surface area (Å²) in [5.41, 5.74) is 0.647. The number of halogens is 4. The van der Waals surface area contributed by atoms with Gasteiger partial charge in [-0.2, -0.15) is 13.2 Å². The summed E-state index contributed by atoms with van der Waals surface area (Å²) in [7, 11) is 2.00. The average Bonchev–Trinajstić information content (AvgIpc) is 3.35. The Labute approximate surface area is 175 Å². The summed E-state index contributed by atoms with van der Waals surface area (Å²) < 4.78 is 47.2. The summed E-state index contributed by atoms with van der Waals surface area (Å²) in [6.45, 7) is 3.33.